The average Bonchev–Trinajstić information content (AvgIpc) is 3.52. The number of benzene rings is 2. The number of anilines is 1. The normalized spacial score (nSPS) is 13.4. The smallest absolute Gasteiger partial charge is 0.186 e. The molecule has 5 nitrogen and oxygen atoms in total. The number of aromatic nitrogens is 2. The first-order valence-electron chi connectivity index (χ1n) is 8.98. The minimum absolute atomic E-state index is 0.339. The van der Waals surface area contributed by atoms with E-state index in [1.165, 1.54) is 12.8 Å². The van der Waals surface area contributed by atoms with Crippen molar-refractivity contribution in [3.8, 4) is 22.9 Å². The Morgan fingerprint density at radius 2 is 2.07 bits per heavy atom. The van der Waals surface area contributed by atoms with Crippen molar-refractivity contribution in [1.82, 2.24) is 10.2 Å². The van der Waals surface area contributed by atoms with Crippen LogP contribution >= 0.6 is 15.9 Å². The quantitative estimate of drug-likeness (QED) is 0.594. The third-order valence-corrected chi connectivity index (χ3v) is 5.38. The summed E-state index contributed by atoms with van der Waals surface area (Å²) in [6.45, 7) is 0.849. The number of nitrogens with zero attached hydrogens (tertiary/aromatic N) is 3. The van der Waals surface area contributed by atoms with Crippen LogP contribution in [0.4, 0.5) is 5.69 Å². The molecule has 0 amide bonds. The molecular formula is C21H19BrN4O. The predicted molar refractivity (Wildman–Crippen MR) is 110 cm³/mol. The number of hydrogen-bond acceptors (Lipinski definition) is 5. The van der Waals surface area contributed by atoms with Gasteiger partial charge in [0.1, 0.15) is 11.8 Å². The van der Waals surface area contributed by atoms with E-state index in [-0.39, 0.29) is 0 Å². The molecular weight excluding hydrogens is 404 g/mol. The molecule has 27 heavy (non-hydrogen) atoms. The van der Waals surface area contributed by atoms with Gasteiger partial charge >= 0.3 is 0 Å². The molecule has 1 aromatic heterocycles. The minimum Gasteiger partial charge on any atom is -0.496 e. The second-order valence-corrected chi connectivity index (χ2v) is 7.69. The highest BCUT2D eigenvalue weighted by Gasteiger charge is 2.21. The fourth-order valence-corrected chi connectivity index (χ4v) is 3.61. The van der Waals surface area contributed by atoms with Crippen molar-refractivity contribution in [2.75, 3.05) is 19.0 Å². The summed E-state index contributed by atoms with van der Waals surface area (Å²) in [5.41, 5.74) is 3.83. The van der Waals surface area contributed by atoms with E-state index in [4.69, 9.17) is 4.74 Å². The van der Waals surface area contributed by atoms with Gasteiger partial charge in [-0.1, -0.05) is 34.8 Å². The summed E-state index contributed by atoms with van der Waals surface area (Å²) in [5, 5.41) is 22.1. The zero-order valence-corrected chi connectivity index (χ0v) is 16.6. The van der Waals surface area contributed by atoms with Gasteiger partial charge in [0.05, 0.1) is 18.3 Å². The molecule has 1 saturated carbocycles. The lowest BCUT2D eigenvalue weighted by Crippen LogP contribution is -2.07. The molecule has 136 valence electrons. The lowest BCUT2D eigenvalue weighted by molar-refractivity contribution is 0.416. The molecule has 1 aliphatic carbocycles. The van der Waals surface area contributed by atoms with Gasteiger partial charge in [0.2, 0.25) is 0 Å². The minimum atomic E-state index is 0.339. The van der Waals surface area contributed by atoms with Crippen molar-refractivity contribution in [2.45, 2.75) is 19.3 Å². The number of rotatable bonds is 6. The number of halogens is 1. The molecule has 1 heterocycles. The maximum atomic E-state index is 9.42. The van der Waals surface area contributed by atoms with Crippen LogP contribution in [-0.4, -0.2) is 23.9 Å². The fourth-order valence-electron chi connectivity index (χ4n) is 3.25. The van der Waals surface area contributed by atoms with E-state index < -0.39 is 0 Å². The van der Waals surface area contributed by atoms with Crippen molar-refractivity contribution in [2.24, 2.45) is 5.92 Å². The summed E-state index contributed by atoms with van der Waals surface area (Å²) in [5.74, 6) is 1.63. The van der Waals surface area contributed by atoms with Crippen LogP contribution in [0.3, 0.4) is 0 Å². The predicted octanol–water partition coefficient (Wildman–Crippen LogP) is 5.15. The van der Waals surface area contributed by atoms with E-state index in [0.717, 1.165) is 56.8 Å². The van der Waals surface area contributed by atoms with Crippen LogP contribution in [0.5, 0.6) is 5.75 Å². The van der Waals surface area contributed by atoms with Crippen LogP contribution in [0, 0.1) is 17.2 Å². The van der Waals surface area contributed by atoms with Crippen molar-refractivity contribution < 1.29 is 4.74 Å². The number of hydrogen-bond donors (Lipinski definition) is 1. The van der Waals surface area contributed by atoms with Gasteiger partial charge in [0.15, 0.2) is 5.69 Å². The van der Waals surface area contributed by atoms with Crippen molar-refractivity contribution in [1.29, 1.82) is 5.26 Å². The molecule has 3 aromatic rings. The summed E-state index contributed by atoms with van der Waals surface area (Å²) >= 11 is 3.52. The number of methoxy groups -OCH3 is 1. The van der Waals surface area contributed by atoms with E-state index in [0.29, 0.717) is 5.69 Å². The monoisotopic (exact) mass is 422 g/mol. The first-order valence-corrected chi connectivity index (χ1v) is 9.77. The highest BCUT2D eigenvalue weighted by Crippen LogP contribution is 2.36. The molecule has 2 aromatic carbocycles. The average molecular weight is 423 g/mol. The van der Waals surface area contributed by atoms with E-state index in [2.05, 4.69) is 37.5 Å². The van der Waals surface area contributed by atoms with Gasteiger partial charge in [-0.2, -0.15) is 5.26 Å². The largest absolute Gasteiger partial charge is 0.496 e. The highest BCUT2D eigenvalue weighted by atomic mass is 79.9. The zero-order chi connectivity index (χ0) is 18.8. The first kappa shape index (κ1) is 17.7. The number of nitrogens with one attached hydrogen (secondary N) is 1. The van der Waals surface area contributed by atoms with Gasteiger partial charge in [0, 0.05) is 22.0 Å². The second kappa shape index (κ2) is 7.53. The summed E-state index contributed by atoms with van der Waals surface area (Å²) in [6.07, 6.45) is 3.77. The Hall–Kier alpha value is -2.65. The Morgan fingerprint density at radius 1 is 1.22 bits per heavy atom. The summed E-state index contributed by atoms with van der Waals surface area (Å²) < 4.78 is 6.47. The van der Waals surface area contributed by atoms with Crippen LogP contribution in [0.15, 0.2) is 40.9 Å². The molecule has 0 unspecified atom stereocenters. The highest BCUT2D eigenvalue weighted by molar-refractivity contribution is 9.10. The van der Waals surface area contributed by atoms with Crippen molar-refractivity contribution in [3.63, 3.8) is 0 Å². The molecule has 0 spiro atoms. The first-order chi connectivity index (χ1) is 13.2. The molecule has 0 aliphatic heterocycles. The van der Waals surface area contributed by atoms with Crippen LogP contribution in [0.1, 0.15) is 25.0 Å². The third kappa shape index (κ3) is 3.74. The Morgan fingerprint density at radius 3 is 2.81 bits per heavy atom. The maximum Gasteiger partial charge on any atom is 0.186 e. The van der Waals surface area contributed by atoms with E-state index in [1.807, 2.05) is 36.4 Å². The van der Waals surface area contributed by atoms with Gasteiger partial charge < -0.3 is 10.1 Å². The van der Waals surface area contributed by atoms with Gasteiger partial charge in [-0.25, -0.2) is 0 Å². The lowest BCUT2D eigenvalue weighted by Gasteiger charge is -2.13. The molecule has 0 atom stereocenters. The summed E-state index contributed by atoms with van der Waals surface area (Å²) in [4.78, 5) is 0. The third-order valence-electron chi connectivity index (χ3n) is 4.89. The van der Waals surface area contributed by atoms with Gasteiger partial charge in [0.25, 0.3) is 0 Å². The molecule has 4 rings (SSSR count). The molecule has 0 saturated heterocycles. The Labute approximate surface area is 166 Å². The topological polar surface area (TPSA) is 70.8 Å². The van der Waals surface area contributed by atoms with E-state index in [9.17, 15) is 5.26 Å². The Kier molecular flexibility index (Phi) is 4.95. The molecule has 0 bridgehead atoms. The second-order valence-electron chi connectivity index (χ2n) is 6.77. The van der Waals surface area contributed by atoms with Crippen LogP contribution in [0.2, 0.25) is 0 Å². The Balaban J connectivity index is 1.74. The van der Waals surface area contributed by atoms with Crippen molar-refractivity contribution >= 4 is 32.5 Å². The van der Waals surface area contributed by atoms with Gasteiger partial charge in [-0.3, -0.25) is 0 Å². The molecule has 0 radical (unpaired) electrons. The van der Waals surface area contributed by atoms with Gasteiger partial charge in [-0.05, 0) is 48.2 Å². The SMILES string of the molecule is COc1ccc(Br)cc1-c1ccc2c(NCCC3CC3)c(C#N)nnc2c1. The maximum absolute atomic E-state index is 9.42. The van der Waals surface area contributed by atoms with Crippen molar-refractivity contribution in [3.05, 3.63) is 46.6 Å². The summed E-state index contributed by atoms with van der Waals surface area (Å²) in [7, 11) is 1.66. The lowest BCUT2D eigenvalue weighted by atomic mass is 10.0. The number of nitriles is 1. The van der Waals surface area contributed by atoms with Crippen LogP contribution in [-0.2, 0) is 0 Å². The van der Waals surface area contributed by atoms with Crippen LogP contribution in [0.25, 0.3) is 22.0 Å². The van der Waals surface area contributed by atoms with Gasteiger partial charge in [-0.15, -0.1) is 10.2 Å². The Bertz CT molecular complexity index is 1040. The summed E-state index contributed by atoms with van der Waals surface area (Å²) in [6, 6.07) is 14.1. The number of ether oxygens (including phenoxy) is 1. The van der Waals surface area contributed by atoms with E-state index >= 15 is 0 Å². The molecule has 1 N–H and O–H groups in total. The zero-order valence-electron chi connectivity index (χ0n) is 15.0. The number of fused-ring (bicyclic) bond motifs is 1. The molecule has 6 heteroatoms. The fraction of sp³-hybridized carbons (Fsp3) is 0.286. The van der Waals surface area contributed by atoms with E-state index in [1.54, 1.807) is 7.11 Å². The standard InChI is InChI=1S/C21H19BrN4O/c1-27-20-7-5-15(22)11-17(20)14-4-6-16-18(10-14)25-26-19(12-23)21(16)24-9-8-13-2-3-13/h4-7,10-11,13H,2-3,8-9H2,1H3,(H,24,25). The molecule has 1 aliphatic rings. The molecule has 1 fully saturated rings. The van der Waals surface area contributed by atoms with Crippen LogP contribution < -0.4 is 10.1 Å².